The topological polar surface area (TPSA) is 39.9 Å². The molecule has 4 nitrogen and oxygen atoms in total. The van der Waals surface area contributed by atoms with Crippen LogP contribution in [0.5, 0.6) is 0 Å². The van der Waals surface area contributed by atoms with E-state index in [1.165, 1.54) is 18.6 Å². The van der Waals surface area contributed by atoms with Crippen LogP contribution in [0.3, 0.4) is 0 Å². The van der Waals surface area contributed by atoms with Crippen molar-refractivity contribution in [3.8, 4) is 17.1 Å². The van der Waals surface area contributed by atoms with Gasteiger partial charge in [-0.3, -0.25) is 4.57 Å². The fourth-order valence-corrected chi connectivity index (χ4v) is 4.08. The molecule has 6 heteroatoms. The molecule has 0 spiro atoms. The van der Waals surface area contributed by atoms with Crippen molar-refractivity contribution in [2.75, 3.05) is 12.4 Å². The van der Waals surface area contributed by atoms with E-state index < -0.39 is 0 Å². The molecule has 0 bridgehead atoms. The zero-order valence-electron chi connectivity index (χ0n) is 14.3. The van der Waals surface area contributed by atoms with Crippen molar-refractivity contribution in [1.82, 2.24) is 14.8 Å². The molecule has 3 aromatic rings. The molecule has 0 aliphatic carbocycles. The Morgan fingerprint density at radius 2 is 1.85 bits per heavy atom. The number of benzene rings is 2. The SMILES string of the molecule is Fc1ccc(-n2c(SC[C@@H]3CCCCO3)nnc2-c2ccccc2)cc1. The highest BCUT2D eigenvalue weighted by molar-refractivity contribution is 7.99. The van der Waals surface area contributed by atoms with Crippen molar-refractivity contribution in [2.45, 2.75) is 30.5 Å². The average molecular weight is 369 g/mol. The van der Waals surface area contributed by atoms with Crippen LogP contribution in [0.4, 0.5) is 4.39 Å². The zero-order chi connectivity index (χ0) is 17.8. The van der Waals surface area contributed by atoms with Crippen molar-refractivity contribution < 1.29 is 9.13 Å². The molecule has 2 heterocycles. The Labute approximate surface area is 156 Å². The molecular formula is C20H20FN3OS. The molecule has 134 valence electrons. The van der Waals surface area contributed by atoms with Crippen molar-refractivity contribution in [1.29, 1.82) is 0 Å². The number of rotatable bonds is 5. The Bertz CT molecular complexity index is 845. The molecule has 1 atom stereocenters. The maximum atomic E-state index is 13.4. The smallest absolute Gasteiger partial charge is 0.196 e. The van der Waals surface area contributed by atoms with E-state index in [1.54, 1.807) is 23.9 Å². The van der Waals surface area contributed by atoms with Crippen LogP contribution in [0.1, 0.15) is 19.3 Å². The highest BCUT2D eigenvalue weighted by atomic mass is 32.2. The van der Waals surface area contributed by atoms with E-state index in [0.717, 1.165) is 47.4 Å². The van der Waals surface area contributed by atoms with Gasteiger partial charge in [0, 0.05) is 23.6 Å². The summed E-state index contributed by atoms with van der Waals surface area (Å²) >= 11 is 1.64. The first kappa shape index (κ1) is 17.2. The van der Waals surface area contributed by atoms with Gasteiger partial charge in [-0.1, -0.05) is 42.1 Å². The van der Waals surface area contributed by atoms with E-state index in [2.05, 4.69) is 10.2 Å². The maximum absolute atomic E-state index is 13.4. The molecule has 26 heavy (non-hydrogen) atoms. The molecule has 1 aliphatic heterocycles. The largest absolute Gasteiger partial charge is 0.377 e. The van der Waals surface area contributed by atoms with Gasteiger partial charge in [0.2, 0.25) is 0 Å². The Morgan fingerprint density at radius 3 is 2.58 bits per heavy atom. The lowest BCUT2D eigenvalue weighted by atomic mass is 10.1. The molecule has 1 saturated heterocycles. The van der Waals surface area contributed by atoms with Crippen LogP contribution < -0.4 is 0 Å². The summed E-state index contributed by atoms with van der Waals surface area (Å²) in [6.07, 6.45) is 3.70. The van der Waals surface area contributed by atoms with Gasteiger partial charge in [0.25, 0.3) is 0 Å². The van der Waals surface area contributed by atoms with Crippen molar-refractivity contribution in [3.63, 3.8) is 0 Å². The Hall–Kier alpha value is -2.18. The van der Waals surface area contributed by atoms with Crippen molar-refractivity contribution >= 4 is 11.8 Å². The van der Waals surface area contributed by atoms with E-state index in [-0.39, 0.29) is 11.9 Å². The second kappa shape index (κ2) is 8.01. The lowest BCUT2D eigenvalue weighted by Crippen LogP contribution is -2.21. The number of hydrogen-bond donors (Lipinski definition) is 0. The lowest BCUT2D eigenvalue weighted by molar-refractivity contribution is 0.0315. The van der Waals surface area contributed by atoms with Crippen LogP contribution in [0.25, 0.3) is 17.1 Å². The molecular weight excluding hydrogens is 349 g/mol. The summed E-state index contributed by atoms with van der Waals surface area (Å²) in [4.78, 5) is 0. The highest BCUT2D eigenvalue weighted by Gasteiger charge is 2.19. The summed E-state index contributed by atoms with van der Waals surface area (Å²) in [6.45, 7) is 0.838. The number of hydrogen-bond acceptors (Lipinski definition) is 4. The third kappa shape index (κ3) is 3.81. The number of nitrogens with zero attached hydrogens (tertiary/aromatic N) is 3. The summed E-state index contributed by atoms with van der Waals surface area (Å²) < 4.78 is 21.2. The summed E-state index contributed by atoms with van der Waals surface area (Å²) in [5.41, 5.74) is 1.83. The molecule has 2 aromatic carbocycles. The number of halogens is 1. The molecule has 4 rings (SSSR count). The van der Waals surface area contributed by atoms with Gasteiger partial charge in [0.1, 0.15) is 5.82 Å². The van der Waals surface area contributed by atoms with E-state index in [4.69, 9.17) is 4.74 Å². The first-order valence-electron chi connectivity index (χ1n) is 8.82. The van der Waals surface area contributed by atoms with Gasteiger partial charge in [-0.05, 0) is 43.5 Å². The van der Waals surface area contributed by atoms with Crippen LogP contribution in [0, 0.1) is 5.82 Å². The Morgan fingerprint density at radius 1 is 1.04 bits per heavy atom. The molecule has 0 radical (unpaired) electrons. The van der Waals surface area contributed by atoms with Crippen LogP contribution in [-0.4, -0.2) is 33.2 Å². The van der Waals surface area contributed by atoms with Gasteiger partial charge < -0.3 is 4.74 Å². The fraction of sp³-hybridized carbons (Fsp3) is 0.300. The first-order valence-corrected chi connectivity index (χ1v) is 9.81. The molecule has 0 saturated carbocycles. The summed E-state index contributed by atoms with van der Waals surface area (Å²) in [6, 6.07) is 16.4. The minimum absolute atomic E-state index is 0.257. The highest BCUT2D eigenvalue weighted by Crippen LogP contribution is 2.29. The van der Waals surface area contributed by atoms with Crippen LogP contribution in [0.2, 0.25) is 0 Å². The van der Waals surface area contributed by atoms with Gasteiger partial charge in [-0.2, -0.15) is 0 Å². The normalized spacial score (nSPS) is 17.3. The monoisotopic (exact) mass is 369 g/mol. The van der Waals surface area contributed by atoms with Gasteiger partial charge in [-0.25, -0.2) is 4.39 Å². The molecule has 1 aliphatic rings. The average Bonchev–Trinajstić information content (AvgIpc) is 3.12. The summed E-state index contributed by atoms with van der Waals surface area (Å²) in [7, 11) is 0. The van der Waals surface area contributed by atoms with Gasteiger partial charge in [0.15, 0.2) is 11.0 Å². The predicted molar refractivity (Wildman–Crippen MR) is 101 cm³/mol. The van der Waals surface area contributed by atoms with E-state index in [1.807, 2.05) is 34.9 Å². The summed E-state index contributed by atoms with van der Waals surface area (Å²) in [5, 5.41) is 9.60. The van der Waals surface area contributed by atoms with Gasteiger partial charge >= 0.3 is 0 Å². The van der Waals surface area contributed by atoms with Crippen LogP contribution in [0.15, 0.2) is 59.8 Å². The maximum Gasteiger partial charge on any atom is 0.196 e. The van der Waals surface area contributed by atoms with Gasteiger partial charge in [0.05, 0.1) is 6.10 Å². The second-order valence-electron chi connectivity index (χ2n) is 6.28. The molecule has 1 aromatic heterocycles. The Kier molecular flexibility index (Phi) is 5.32. The van der Waals surface area contributed by atoms with E-state index in [9.17, 15) is 4.39 Å². The van der Waals surface area contributed by atoms with E-state index in [0.29, 0.717) is 0 Å². The molecule has 1 fully saturated rings. The van der Waals surface area contributed by atoms with Crippen molar-refractivity contribution in [3.05, 3.63) is 60.4 Å². The number of thioether (sulfide) groups is 1. The second-order valence-corrected chi connectivity index (χ2v) is 7.27. The molecule has 0 amide bonds. The van der Waals surface area contributed by atoms with E-state index >= 15 is 0 Å². The lowest BCUT2D eigenvalue weighted by Gasteiger charge is -2.22. The standard InChI is InChI=1S/C20H20FN3OS/c21-16-9-11-17(12-10-16)24-19(15-6-2-1-3-7-15)22-23-20(24)26-14-18-8-4-5-13-25-18/h1-3,6-7,9-12,18H,4-5,8,13-14H2/t18-/m0/s1. The van der Waals surface area contributed by atoms with Crippen LogP contribution >= 0.6 is 11.8 Å². The molecule has 0 unspecified atom stereocenters. The molecule has 0 N–H and O–H groups in total. The van der Waals surface area contributed by atoms with Crippen LogP contribution in [-0.2, 0) is 4.74 Å². The van der Waals surface area contributed by atoms with Crippen molar-refractivity contribution in [2.24, 2.45) is 0 Å². The quantitative estimate of drug-likeness (QED) is 0.609. The third-order valence-electron chi connectivity index (χ3n) is 4.42. The first-order chi connectivity index (χ1) is 12.8. The van der Waals surface area contributed by atoms with Gasteiger partial charge in [-0.15, -0.1) is 10.2 Å². The summed E-state index contributed by atoms with van der Waals surface area (Å²) in [5.74, 6) is 1.34. The number of aromatic nitrogens is 3. The Balaban J connectivity index is 1.67. The fourth-order valence-electron chi connectivity index (χ4n) is 3.07. The minimum Gasteiger partial charge on any atom is -0.377 e. The number of ether oxygens (including phenoxy) is 1. The minimum atomic E-state index is -0.257. The third-order valence-corrected chi connectivity index (χ3v) is 5.48. The predicted octanol–water partition coefficient (Wildman–Crippen LogP) is 4.73. The zero-order valence-corrected chi connectivity index (χ0v) is 15.2.